The zero-order valence-corrected chi connectivity index (χ0v) is 18.9. The monoisotopic (exact) mass is 590 g/mol. The first-order valence-corrected chi connectivity index (χ1v) is 9.74. The minimum absolute atomic E-state index is 0.268. The molecule has 0 aromatic heterocycles. The minimum Gasteiger partial charge on any atom is -0.465 e. The van der Waals surface area contributed by atoms with Gasteiger partial charge in [-0.05, 0) is 19.8 Å². The van der Waals surface area contributed by atoms with Gasteiger partial charge < -0.3 is 4.74 Å². The van der Waals surface area contributed by atoms with Gasteiger partial charge in [0.15, 0.2) is 0 Å². The third-order valence-electron chi connectivity index (χ3n) is 5.81. The van der Waals surface area contributed by atoms with Crippen molar-refractivity contribution in [3.63, 3.8) is 0 Å². The van der Waals surface area contributed by atoms with E-state index in [1.807, 2.05) is 0 Å². The molecule has 1 atom stereocenters. The maximum absolute atomic E-state index is 13.8. The summed E-state index contributed by atoms with van der Waals surface area (Å²) in [6.07, 6.45) is -10.3. The number of alkyl halides is 17. The summed E-state index contributed by atoms with van der Waals surface area (Å²) in [5, 5.41) is 0. The smallest absolute Gasteiger partial charge is 0.460 e. The first-order chi connectivity index (χ1) is 15.9. The standard InChI is InChI=1S/C18H19F17O2/c1-5-8(2)10(3,4)9(36)37-7-6-11(19,20)12(21,22)13(23,24)14(25,26)15(27,28)16(29,30)17(31,32)18(33,34)35/h8H,5-7H2,1-4H3. The van der Waals surface area contributed by atoms with Crippen molar-refractivity contribution in [2.24, 2.45) is 11.3 Å². The fourth-order valence-corrected chi connectivity index (χ4v) is 2.52. The Bertz CT molecular complexity index is 814. The summed E-state index contributed by atoms with van der Waals surface area (Å²) in [5.74, 6) is -58.7. The molecule has 0 heterocycles. The van der Waals surface area contributed by atoms with E-state index in [2.05, 4.69) is 4.74 Å². The van der Waals surface area contributed by atoms with Crippen molar-refractivity contribution in [3.8, 4) is 0 Å². The van der Waals surface area contributed by atoms with E-state index in [1.54, 1.807) is 6.92 Å². The molecule has 0 spiro atoms. The van der Waals surface area contributed by atoms with Gasteiger partial charge in [-0.15, -0.1) is 0 Å². The maximum atomic E-state index is 13.8. The van der Waals surface area contributed by atoms with E-state index in [0.29, 0.717) is 0 Å². The molecular formula is C18H19F17O2. The molecule has 0 saturated carbocycles. The van der Waals surface area contributed by atoms with Gasteiger partial charge in [0.2, 0.25) is 0 Å². The van der Waals surface area contributed by atoms with Crippen LogP contribution in [0, 0.1) is 11.3 Å². The van der Waals surface area contributed by atoms with Crippen molar-refractivity contribution in [3.05, 3.63) is 0 Å². The fourth-order valence-electron chi connectivity index (χ4n) is 2.52. The number of esters is 1. The lowest BCUT2D eigenvalue weighted by atomic mass is 9.78. The van der Waals surface area contributed by atoms with Gasteiger partial charge in [-0.25, -0.2) is 0 Å². The lowest BCUT2D eigenvalue weighted by Crippen LogP contribution is -2.74. The molecule has 0 radical (unpaired) electrons. The summed E-state index contributed by atoms with van der Waals surface area (Å²) >= 11 is 0. The molecule has 2 nitrogen and oxygen atoms in total. The molecule has 0 amide bonds. The van der Waals surface area contributed by atoms with Crippen molar-refractivity contribution in [1.29, 1.82) is 0 Å². The lowest BCUT2D eigenvalue weighted by Gasteiger charge is -2.42. The van der Waals surface area contributed by atoms with Crippen LogP contribution in [0.25, 0.3) is 0 Å². The second kappa shape index (κ2) is 9.79. The number of hydrogen-bond donors (Lipinski definition) is 0. The highest BCUT2D eigenvalue weighted by atomic mass is 19.4. The zero-order valence-electron chi connectivity index (χ0n) is 18.9. The van der Waals surface area contributed by atoms with Crippen LogP contribution >= 0.6 is 0 Å². The average molecular weight is 590 g/mol. The molecule has 0 fully saturated rings. The lowest BCUT2D eigenvalue weighted by molar-refractivity contribution is -0.461. The second-order valence-corrected chi connectivity index (χ2v) is 8.57. The first-order valence-electron chi connectivity index (χ1n) is 9.74. The molecule has 0 N–H and O–H groups in total. The number of hydrogen-bond acceptors (Lipinski definition) is 2. The highest BCUT2D eigenvalue weighted by Gasteiger charge is 2.95. The van der Waals surface area contributed by atoms with Gasteiger partial charge in [0.1, 0.15) is 0 Å². The SMILES string of the molecule is CCC(C)C(C)(C)C(=O)OCCC(F)(F)C(F)(F)C(F)(F)C(F)(F)C(F)(F)C(F)(F)C(F)(F)C(F)(F)F. The summed E-state index contributed by atoms with van der Waals surface area (Å²) in [6.45, 7) is 3.38. The van der Waals surface area contributed by atoms with Crippen molar-refractivity contribution < 1.29 is 84.2 Å². The molecule has 0 aliphatic rings. The normalized spacial score (nSPS) is 16.6. The predicted molar refractivity (Wildman–Crippen MR) is 89.5 cm³/mol. The molecule has 1 unspecified atom stereocenters. The third kappa shape index (κ3) is 5.28. The van der Waals surface area contributed by atoms with Gasteiger partial charge in [0, 0.05) is 0 Å². The molecule has 0 rings (SSSR count). The molecule has 0 saturated heterocycles. The molecule has 222 valence electrons. The van der Waals surface area contributed by atoms with Crippen LogP contribution < -0.4 is 0 Å². The van der Waals surface area contributed by atoms with Gasteiger partial charge in [0.25, 0.3) is 0 Å². The predicted octanol–water partition coefficient (Wildman–Crippen LogP) is 8.00. The minimum atomic E-state index is -8.67. The Hall–Kier alpha value is -1.72. The van der Waals surface area contributed by atoms with Gasteiger partial charge >= 0.3 is 53.6 Å². The van der Waals surface area contributed by atoms with Gasteiger partial charge in [-0.3, -0.25) is 4.79 Å². The van der Waals surface area contributed by atoms with Crippen LogP contribution in [0.15, 0.2) is 0 Å². The van der Waals surface area contributed by atoms with Crippen molar-refractivity contribution in [1.82, 2.24) is 0 Å². The molecule has 0 aliphatic heterocycles. The summed E-state index contributed by atoms with van der Waals surface area (Å²) in [7, 11) is 0. The van der Waals surface area contributed by atoms with E-state index in [0.717, 1.165) is 0 Å². The van der Waals surface area contributed by atoms with E-state index in [1.165, 1.54) is 20.8 Å². The number of carbonyl (C=O) groups excluding carboxylic acids is 1. The van der Waals surface area contributed by atoms with Gasteiger partial charge in [-0.2, -0.15) is 74.6 Å². The second-order valence-electron chi connectivity index (χ2n) is 8.57. The molecule has 0 aliphatic carbocycles. The van der Waals surface area contributed by atoms with E-state index < -0.39 is 78.0 Å². The fraction of sp³-hybridized carbons (Fsp3) is 0.944. The van der Waals surface area contributed by atoms with Crippen molar-refractivity contribution >= 4 is 5.97 Å². The molecule has 0 aromatic rings. The van der Waals surface area contributed by atoms with Crippen molar-refractivity contribution in [2.75, 3.05) is 6.61 Å². The molecule has 19 heteroatoms. The number of rotatable bonds is 12. The zero-order chi connectivity index (χ0) is 30.5. The average Bonchev–Trinajstić information content (AvgIpc) is 2.70. The highest BCUT2D eigenvalue weighted by Crippen LogP contribution is 2.64. The van der Waals surface area contributed by atoms with E-state index in [9.17, 15) is 79.4 Å². The molecule has 0 bridgehead atoms. The van der Waals surface area contributed by atoms with Crippen LogP contribution in [-0.4, -0.2) is 60.2 Å². The molecule has 0 aromatic carbocycles. The quantitative estimate of drug-likeness (QED) is 0.170. The highest BCUT2D eigenvalue weighted by molar-refractivity contribution is 5.76. The largest absolute Gasteiger partial charge is 0.465 e. The third-order valence-corrected chi connectivity index (χ3v) is 5.81. The van der Waals surface area contributed by atoms with Crippen LogP contribution in [0.2, 0.25) is 0 Å². The Morgan fingerprint density at radius 2 is 0.946 bits per heavy atom. The maximum Gasteiger partial charge on any atom is 0.460 e. The Kier molecular flexibility index (Phi) is 9.33. The number of halogens is 17. The molecule has 37 heavy (non-hydrogen) atoms. The first kappa shape index (κ1) is 35.3. The van der Waals surface area contributed by atoms with Crippen LogP contribution in [0.3, 0.4) is 0 Å². The van der Waals surface area contributed by atoms with Gasteiger partial charge in [-0.1, -0.05) is 20.3 Å². The number of ether oxygens (including phenoxy) is 1. The van der Waals surface area contributed by atoms with E-state index in [4.69, 9.17) is 0 Å². The van der Waals surface area contributed by atoms with E-state index in [-0.39, 0.29) is 6.42 Å². The van der Waals surface area contributed by atoms with Crippen LogP contribution in [0.1, 0.15) is 40.5 Å². The number of carbonyl (C=O) groups is 1. The van der Waals surface area contributed by atoms with Crippen LogP contribution in [0.4, 0.5) is 74.6 Å². The Balaban J connectivity index is 6.24. The summed E-state index contributed by atoms with van der Waals surface area (Å²) < 4.78 is 229. The van der Waals surface area contributed by atoms with Crippen LogP contribution in [-0.2, 0) is 9.53 Å². The van der Waals surface area contributed by atoms with Crippen molar-refractivity contribution in [2.45, 2.75) is 88.2 Å². The Labute approximate surface area is 197 Å². The summed E-state index contributed by atoms with van der Waals surface area (Å²) in [5.41, 5.74) is -1.50. The summed E-state index contributed by atoms with van der Waals surface area (Å²) in [6, 6.07) is 0. The Morgan fingerprint density at radius 1 is 0.622 bits per heavy atom. The topological polar surface area (TPSA) is 26.3 Å². The Morgan fingerprint density at radius 3 is 1.27 bits per heavy atom. The summed E-state index contributed by atoms with van der Waals surface area (Å²) in [4.78, 5) is 11.9. The molecular weight excluding hydrogens is 571 g/mol. The van der Waals surface area contributed by atoms with Gasteiger partial charge in [0.05, 0.1) is 18.4 Å². The van der Waals surface area contributed by atoms with E-state index >= 15 is 0 Å². The van der Waals surface area contributed by atoms with Crippen LogP contribution in [0.5, 0.6) is 0 Å².